The zero-order chi connectivity index (χ0) is 15.6. The van der Waals surface area contributed by atoms with Crippen molar-refractivity contribution in [2.75, 3.05) is 7.11 Å². The molecule has 1 rings (SSSR count). The molecule has 0 aromatic heterocycles. The van der Waals surface area contributed by atoms with Gasteiger partial charge in [0.1, 0.15) is 5.54 Å². The fourth-order valence-electron chi connectivity index (χ4n) is 1.47. The van der Waals surface area contributed by atoms with E-state index in [1.54, 1.807) is 0 Å². The van der Waals surface area contributed by atoms with E-state index in [-0.39, 0.29) is 10.5 Å². The van der Waals surface area contributed by atoms with Crippen LogP contribution in [-0.2, 0) is 19.6 Å². The Labute approximate surface area is 116 Å². The highest BCUT2D eigenvalue weighted by Crippen LogP contribution is 2.15. The molecule has 0 bridgehead atoms. The molecule has 0 aliphatic rings. The molecule has 0 aliphatic heterocycles. The van der Waals surface area contributed by atoms with Gasteiger partial charge in [-0.25, -0.2) is 13.2 Å². The number of carbonyl (C=O) groups is 2. The Morgan fingerprint density at radius 2 is 1.70 bits per heavy atom. The van der Waals surface area contributed by atoms with Crippen LogP contribution < -0.4 is 4.72 Å². The number of carbonyl (C=O) groups excluding carboxylic acids is 1. The molecule has 0 heterocycles. The molecule has 0 saturated carbocycles. The normalized spacial score (nSPS) is 11.9. The smallest absolute Gasteiger partial charge is 0.335 e. The summed E-state index contributed by atoms with van der Waals surface area (Å²) in [6.45, 7) is 2.73. The summed E-state index contributed by atoms with van der Waals surface area (Å²) in [5, 5.41) is 8.74. The van der Waals surface area contributed by atoms with Crippen molar-refractivity contribution < 1.29 is 27.9 Å². The third-order valence-corrected chi connectivity index (χ3v) is 4.17. The number of carboxylic acids is 1. The predicted octanol–water partition coefficient (Wildman–Crippen LogP) is 0.615. The van der Waals surface area contributed by atoms with Crippen LogP contribution in [-0.4, -0.2) is 38.1 Å². The molecule has 1 aromatic carbocycles. The van der Waals surface area contributed by atoms with Crippen LogP contribution in [0.3, 0.4) is 0 Å². The Balaban J connectivity index is 3.05. The summed E-state index contributed by atoms with van der Waals surface area (Å²) >= 11 is 0. The maximum Gasteiger partial charge on any atom is 0.335 e. The molecule has 0 aliphatic carbocycles. The predicted molar refractivity (Wildman–Crippen MR) is 69.8 cm³/mol. The maximum atomic E-state index is 12.1. The minimum Gasteiger partial charge on any atom is -0.478 e. The average Bonchev–Trinajstić information content (AvgIpc) is 2.36. The molecule has 0 radical (unpaired) electrons. The Kier molecular flexibility index (Phi) is 4.51. The van der Waals surface area contributed by atoms with Gasteiger partial charge in [-0.3, -0.25) is 4.79 Å². The lowest BCUT2D eigenvalue weighted by Gasteiger charge is -2.22. The van der Waals surface area contributed by atoms with Gasteiger partial charge in [-0.15, -0.1) is 0 Å². The number of hydrogen-bond donors (Lipinski definition) is 2. The van der Waals surface area contributed by atoms with Crippen LogP contribution in [0.4, 0.5) is 0 Å². The van der Waals surface area contributed by atoms with Crippen molar-refractivity contribution in [2.45, 2.75) is 24.3 Å². The van der Waals surface area contributed by atoms with E-state index in [4.69, 9.17) is 5.11 Å². The first-order valence-electron chi connectivity index (χ1n) is 5.56. The van der Waals surface area contributed by atoms with E-state index in [0.717, 1.165) is 19.2 Å². The van der Waals surface area contributed by atoms with Crippen molar-refractivity contribution in [3.8, 4) is 0 Å². The lowest BCUT2D eigenvalue weighted by atomic mass is 10.1. The number of esters is 1. The minimum atomic E-state index is -3.96. The lowest BCUT2D eigenvalue weighted by molar-refractivity contribution is -0.146. The van der Waals surface area contributed by atoms with E-state index in [1.165, 1.54) is 26.0 Å². The summed E-state index contributed by atoms with van der Waals surface area (Å²) in [5.74, 6) is -1.89. The van der Waals surface area contributed by atoms with Gasteiger partial charge in [0.05, 0.1) is 17.6 Å². The molecule has 1 aromatic rings. The van der Waals surface area contributed by atoms with Gasteiger partial charge in [-0.05, 0) is 38.1 Å². The summed E-state index contributed by atoms with van der Waals surface area (Å²) in [5.41, 5.74) is -1.46. The van der Waals surface area contributed by atoms with Gasteiger partial charge < -0.3 is 9.84 Å². The van der Waals surface area contributed by atoms with Crippen molar-refractivity contribution in [2.24, 2.45) is 0 Å². The molecule has 0 amide bonds. The number of ether oxygens (including phenoxy) is 1. The summed E-state index contributed by atoms with van der Waals surface area (Å²) in [6, 6.07) is 4.64. The second kappa shape index (κ2) is 5.59. The number of benzene rings is 1. The van der Waals surface area contributed by atoms with Gasteiger partial charge in [0.2, 0.25) is 10.0 Å². The molecule has 0 spiro atoms. The lowest BCUT2D eigenvalue weighted by Crippen LogP contribution is -2.50. The van der Waals surface area contributed by atoms with Gasteiger partial charge in [0.25, 0.3) is 0 Å². The standard InChI is InChI=1S/C12H15NO6S/c1-12(2,11(16)19-3)13-20(17,18)9-6-4-8(5-7-9)10(14)15/h4-7,13H,1-3H3,(H,14,15). The van der Waals surface area contributed by atoms with Crippen LogP contribution in [0.5, 0.6) is 0 Å². The van der Waals surface area contributed by atoms with E-state index < -0.39 is 27.5 Å². The van der Waals surface area contributed by atoms with Gasteiger partial charge >= 0.3 is 11.9 Å². The highest BCUT2D eigenvalue weighted by atomic mass is 32.2. The fourth-order valence-corrected chi connectivity index (χ4v) is 2.84. The van der Waals surface area contributed by atoms with Crippen LogP contribution in [0.2, 0.25) is 0 Å². The summed E-state index contributed by atoms with van der Waals surface area (Å²) < 4.78 is 30.9. The third kappa shape index (κ3) is 3.55. The van der Waals surface area contributed by atoms with Crippen molar-refractivity contribution in [3.63, 3.8) is 0 Å². The van der Waals surface area contributed by atoms with E-state index in [0.29, 0.717) is 0 Å². The molecule has 2 N–H and O–H groups in total. The van der Waals surface area contributed by atoms with E-state index in [1.807, 2.05) is 0 Å². The monoisotopic (exact) mass is 301 g/mol. The van der Waals surface area contributed by atoms with Gasteiger partial charge in [-0.2, -0.15) is 4.72 Å². The van der Waals surface area contributed by atoms with Crippen LogP contribution in [0, 0.1) is 0 Å². The SMILES string of the molecule is COC(=O)C(C)(C)NS(=O)(=O)c1ccc(C(=O)O)cc1. The highest BCUT2D eigenvalue weighted by Gasteiger charge is 2.34. The van der Waals surface area contributed by atoms with Crippen LogP contribution in [0.15, 0.2) is 29.2 Å². The molecule has 20 heavy (non-hydrogen) atoms. The van der Waals surface area contributed by atoms with Gasteiger partial charge in [0.15, 0.2) is 0 Å². The second-order valence-electron chi connectivity index (χ2n) is 4.55. The van der Waals surface area contributed by atoms with E-state index in [2.05, 4.69) is 9.46 Å². The van der Waals surface area contributed by atoms with Crippen LogP contribution in [0.25, 0.3) is 0 Å². The summed E-state index contributed by atoms with van der Waals surface area (Å²) in [7, 11) is -2.81. The quantitative estimate of drug-likeness (QED) is 0.771. The first-order valence-corrected chi connectivity index (χ1v) is 7.04. The van der Waals surface area contributed by atoms with Crippen LogP contribution >= 0.6 is 0 Å². The van der Waals surface area contributed by atoms with Crippen molar-refractivity contribution >= 4 is 22.0 Å². The van der Waals surface area contributed by atoms with Crippen LogP contribution in [0.1, 0.15) is 24.2 Å². The maximum absolute atomic E-state index is 12.1. The van der Waals surface area contributed by atoms with Gasteiger partial charge in [0, 0.05) is 0 Å². The Hall–Kier alpha value is -1.93. The second-order valence-corrected chi connectivity index (χ2v) is 6.23. The average molecular weight is 301 g/mol. The summed E-state index contributed by atoms with van der Waals surface area (Å²) in [4.78, 5) is 22.0. The summed E-state index contributed by atoms with van der Waals surface area (Å²) in [6.07, 6.45) is 0. The molecular formula is C12H15NO6S. The minimum absolute atomic E-state index is 0.0313. The highest BCUT2D eigenvalue weighted by molar-refractivity contribution is 7.89. The topological polar surface area (TPSA) is 110 Å². The third-order valence-electron chi connectivity index (χ3n) is 2.50. The molecule has 7 nitrogen and oxygen atoms in total. The van der Waals surface area contributed by atoms with Crippen molar-refractivity contribution in [1.82, 2.24) is 4.72 Å². The Bertz CT molecular complexity index is 618. The fraction of sp³-hybridized carbons (Fsp3) is 0.333. The van der Waals surface area contributed by atoms with Gasteiger partial charge in [-0.1, -0.05) is 0 Å². The Morgan fingerprint density at radius 3 is 2.10 bits per heavy atom. The first kappa shape index (κ1) is 16.1. The molecule has 0 fully saturated rings. The van der Waals surface area contributed by atoms with Crippen molar-refractivity contribution in [3.05, 3.63) is 29.8 Å². The van der Waals surface area contributed by atoms with Crippen molar-refractivity contribution in [1.29, 1.82) is 0 Å². The molecule has 8 heteroatoms. The molecule has 0 atom stereocenters. The number of carboxylic acid groups (broad SMARTS) is 1. The molecular weight excluding hydrogens is 286 g/mol. The number of nitrogens with one attached hydrogen (secondary N) is 1. The number of hydrogen-bond acceptors (Lipinski definition) is 5. The molecule has 110 valence electrons. The number of sulfonamides is 1. The number of rotatable bonds is 5. The van der Waals surface area contributed by atoms with E-state index in [9.17, 15) is 18.0 Å². The zero-order valence-electron chi connectivity index (χ0n) is 11.2. The molecule has 0 unspecified atom stereocenters. The number of aromatic carboxylic acids is 1. The number of methoxy groups -OCH3 is 1. The zero-order valence-corrected chi connectivity index (χ0v) is 12.0. The Morgan fingerprint density at radius 1 is 1.20 bits per heavy atom. The molecule has 0 saturated heterocycles. The largest absolute Gasteiger partial charge is 0.478 e. The van der Waals surface area contributed by atoms with E-state index >= 15 is 0 Å². The first-order chi connectivity index (χ1) is 9.10.